The van der Waals surface area contributed by atoms with E-state index in [1.54, 1.807) is 20.1 Å². The maximum Gasteiger partial charge on any atom is 0.338 e. The van der Waals surface area contributed by atoms with E-state index in [1.807, 2.05) is 25.1 Å². The maximum atomic E-state index is 12.5. The Hall–Kier alpha value is -2.50. The summed E-state index contributed by atoms with van der Waals surface area (Å²) in [4.78, 5) is 24.3. The number of rotatable bonds is 6. The molecule has 1 aromatic carbocycles. The predicted molar refractivity (Wildman–Crippen MR) is 86.0 cm³/mol. The van der Waals surface area contributed by atoms with Crippen molar-refractivity contribution in [2.45, 2.75) is 32.7 Å². The molecule has 0 unspecified atom stereocenters. The van der Waals surface area contributed by atoms with E-state index in [-0.39, 0.29) is 6.03 Å². The monoisotopic (exact) mass is 318 g/mol. The lowest BCUT2D eigenvalue weighted by molar-refractivity contribution is -0.139. The molecule has 1 heterocycles. The van der Waals surface area contributed by atoms with Gasteiger partial charge in [-0.15, -0.1) is 0 Å². The number of benzene rings is 1. The lowest BCUT2D eigenvalue weighted by Gasteiger charge is -2.29. The van der Waals surface area contributed by atoms with Crippen molar-refractivity contribution in [3.8, 4) is 5.75 Å². The third-order valence-electron chi connectivity index (χ3n) is 3.67. The number of esters is 1. The SMILES string of the molecule is CCCCOC(=O)C1=C(C)NC(=O)N[C@@H]1c1ccccc1OC. The van der Waals surface area contributed by atoms with Gasteiger partial charge in [0, 0.05) is 11.3 Å². The fourth-order valence-corrected chi connectivity index (χ4v) is 2.49. The van der Waals surface area contributed by atoms with Gasteiger partial charge in [0.1, 0.15) is 5.75 Å². The number of carbonyl (C=O) groups is 2. The highest BCUT2D eigenvalue weighted by Crippen LogP contribution is 2.33. The van der Waals surface area contributed by atoms with E-state index >= 15 is 0 Å². The maximum absolute atomic E-state index is 12.5. The Morgan fingerprint density at radius 3 is 2.74 bits per heavy atom. The van der Waals surface area contributed by atoms with Gasteiger partial charge in [0.15, 0.2) is 0 Å². The Balaban J connectivity index is 2.36. The number of ether oxygens (including phenoxy) is 2. The van der Waals surface area contributed by atoms with Crippen LogP contribution in [0, 0.1) is 0 Å². The Morgan fingerprint density at radius 2 is 2.04 bits per heavy atom. The third kappa shape index (κ3) is 3.83. The molecule has 2 amide bonds. The van der Waals surface area contributed by atoms with E-state index in [4.69, 9.17) is 9.47 Å². The first-order valence-electron chi connectivity index (χ1n) is 7.66. The van der Waals surface area contributed by atoms with E-state index in [2.05, 4.69) is 10.6 Å². The molecule has 1 aromatic rings. The van der Waals surface area contributed by atoms with Gasteiger partial charge in [0.05, 0.1) is 25.3 Å². The van der Waals surface area contributed by atoms with Crippen LogP contribution in [-0.2, 0) is 9.53 Å². The minimum absolute atomic E-state index is 0.358. The second-order valence-corrected chi connectivity index (χ2v) is 5.30. The molecule has 6 nitrogen and oxygen atoms in total. The summed E-state index contributed by atoms with van der Waals surface area (Å²) in [6.07, 6.45) is 1.74. The Bertz CT molecular complexity index is 625. The number of nitrogens with one attached hydrogen (secondary N) is 2. The van der Waals surface area contributed by atoms with E-state index in [9.17, 15) is 9.59 Å². The minimum atomic E-state index is -0.603. The van der Waals surface area contributed by atoms with Gasteiger partial charge in [-0.25, -0.2) is 9.59 Å². The average molecular weight is 318 g/mol. The predicted octanol–water partition coefficient (Wildman–Crippen LogP) is 2.67. The largest absolute Gasteiger partial charge is 0.496 e. The summed E-state index contributed by atoms with van der Waals surface area (Å²) in [7, 11) is 1.55. The van der Waals surface area contributed by atoms with Crippen LogP contribution in [0.1, 0.15) is 38.3 Å². The molecule has 23 heavy (non-hydrogen) atoms. The lowest BCUT2D eigenvalue weighted by Crippen LogP contribution is -2.45. The number of unbranched alkanes of at least 4 members (excludes halogenated alkanes) is 1. The first-order valence-corrected chi connectivity index (χ1v) is 7.66. The fourth-order valence-electron chi connectivity index (χ4n) is 2.49. The van der Waals surface area contributed by atoms with Crippen molar-refractivity contribution in [1.29, 1.82) is 0 Å². The van der Waals surface area contributed by atoms with Crippen molar-refractivity contribution in [3.63, 3.8) is 0 Å². The van der Waals surface area contributed by atoms with Crippen LogP contribution >= 0.6 is 0 Å². The summed E-state index contributed by atoms with van der Waals surface area (Å²) in [6.45, 7) is 4.08. The van der Waals surface area contributed by atoms with Gasteiger partial charge < -0.3 is 20.1 Å². The highest BCUT2D eigenvalue weighted by atomic mass is 16.5. The van der Waals surface area contributed by atoms with E-state index < -0.39 is 12.0 Å². The standard InChI is InChI=1S/C17H22N2O4/c1-4-5-10-23-16(20)14-11(2)18-17(21)19-15(14)12-8-6-7-9-13(12)22-3/h6-9,15H,4-5,10H2,1-3H3,(H2,18,19,21)/t15-/m1/s1. The molecule has 0 radical (unpaired) electrons. The fraction of sp³-hybridized carbons (Fsp3) is 0.412. The summed E-state index contributed by atoms with van der Waals surface area (Å²) in [5.74, 6) is 0.172. The average Bonchev–Trinajstić information content (AvgIpc) is 2.54. The van der Waals surface area contributed by atoms with E-state index in [0.717, 1.165) is 12.8 Å². The molecule has 0 bridgehead atoms. The van der Waals surface area contributed by atoms with Crippen LogP contribution in [0.5, 0.6) is 5.75 Å². The highest BCUT2D eigenvalue weighted by molar-refractivity contribution is 5.95. The first kappa shape index (κ1) is 16.9. The van der Waals surface area contributed by atoms with Gasteiger partial charge in [0.25, 0.3) is 0 Å². The van der Waals surface area contributed by atoms with Gasteiger partial charge >= 0.3 is 12.0 Å². The zero-order chi connectivity index (χ0) is 16.8. The number of allylic oxidation sites excluding steroid dienone is 1. The highest BCUT2D eigenvalue weighted by Gasteiger charge is 2.33. The number of urea groups is 1. The van der Waals surface area contributed by atoms with Gasteiger partial charge in [0.2, 0.25) is 0 Å². The molecule has 0 fully saturated rings. The second kappa shape index (κ2) is 7.67. The smallest absolute Gasteiger partial charge is 0.338 e. The first-order chi connectivity index (χ1) is 11.1. The topological polar surface area (TPSA) is 76.7 Å². The lowest BCUT2D eigenvalue weighted by atomic mass is 9.95. The van der Waals surface area contributed by atoms with Gasteiger partial charge in [-0.1, -0.05) is 31.5 Å². The number of para-hydroxylation sites is 1. The minimum Gasteiger partial charge on any atom is -0.496 e. The molecule has 0 saturated carbocycles. The molecule has 2 N–H and O–H groups in total. The second-order valence-electron chi connectivity index (χ2n) is 5.30. The zero-order valence-electron chi connectivity index (χ0n) is 13.6. The Kier molecular flexibility index (Phi) is 5.62. The molecular weight excluding hydrogens is 296 g/mol. The molecule has 0 aromatic heterocycles. The van der Waals surface area contributed by atoms with Crippen LogP contribution in [0.4, 0.5) is 4.79 Å². The number of methoxy groups -OCH3 is 1. The number of carbonyl (C=O) groups excluding carboxylic acids is 2. The van der Waals surface area contributed by atoms with Crippen molar-refractivity contribution < 1.29 is 19.1 Å². The summed E-state index contributed by atoms with van der Waals surface area (Å²) >= 11 is 0. The molecule has 0 aliphatic carbocycles. The molecule has 2 rings (SSSR count). The normalized spacial score (nSPS) is 17.3. The third-order valence-corrected chi connectivity index (χ3v) is 3.67. The van der Waals surface area contributed by atoms with Crippen LogP contribution in [0.25, 0.3) is 0 Å². The molecule has 124 valence electrons. The molecule has 0 saturated heterocycles. The summed E-state index contributed by atoms with van der Waals surface area (Å²) in [5, 5.41) is 5.40. The van der Waals surface area contributed by atoms with Crippen LogP contribution in [0.15, 0.2) is 35.5 Å². The van der Waals surface area contributed by atoms with Crippen LogP contribution in [0.2, 0.25) is 0 Å². The van der Waals surface area contributed by atoms with Crippen molar-refractivity contribution in [2.75, 3.05) is 13.7 Å². The van der Waals surface area contributed by atoms with Gasteiger partial charge in [-0.2, -0.15) is 0 Å². The molecule has 1 aliphatic heterocycles. The molecule has 6 heteroatoms. The van der Waals surface area contributed by atoms with Crippen molar-refractivity contribution in [1.82, 2.24) is 10.6 Å². The number of amides is 2. The van der Waals surface area contributed by atoms with Crippen LogP contribution in [-0.4, -0.2) is 25.7 Å². The molecule has 1 aliphatic rings. The van der Waals surface area contributed by atoms with Crippen molar-refractivity contribution in [2.24, 2.45) is 0 Å². The molecule has 0 spiro atoms. The van der Waals surface area contributed by atoms with Gasteiger partial charge in [-0.05, 0) is 19.4 Å². The molecular formula is C17H22N2O4. The van der Waals surface area contributed by atoms with E-state index in [0.29, 0.717) is 29.2 Å². The number of hydrogen-bond acceptors (Lipinski definition) is 4. The number of hydrogen-bond donors (Lipinski definition) is 2. The summed E-state index contributed by atoms with van der Waals surface area (Å²) < 4.78 is 10.7. The Labute approximate surface area is 135 Å². The van der Waals surface area contributed by atoms with Gasteiger partial charge in [-0.3, -0.25) is 0 Å². The Morgan fingerprint density at radius 1 is 1.30 bits per heavy atom. The van der Waals surface area contributed by atoms with Crippen LogP contribution < -0.4 is 15.4 Å². The molecule has 1 atom stereocenters. The summed E-state index contributed by atoms with van der Waals surface area (Å²) in [6, 6.07) is 6.32. The van der Waals surface area contributed by atoms with Crippen molar-refractivity contribution in [3.05, 3.63) is 41.1 Å². The van der Waals surface area contributed by atoms with Crippen LogP contribution in [0.3, 0.4) is 0 Å². The van der Waals surface area contributed by atoms with Crippen molar-refractivity contribution >= 4 is 12.0 Å². The van der Waals surface area contributed by atoms with E-state index in [1.165, 1.54) is 0 Å². The summed E-state index contributed by atoms with van der Waals surface area (Å²) in [5.41, 5.74) is 1.60. The quantitative estimate of drug-likeness (QED) is 0.624. The zero-order valence-corrected chi connectivity index (χ0v) is 13.6.